The summed E-state index contributed by atoms with van der Waals surface area (Å²) in [6.07, 6.45) is 0.663. The molecule has 2 heteroatoms. The maximum absolute atomic E-state index is 9.89. The first-order chi connectivity index (χ1) is 5.58. The summed E-state index contributed by atoms with van der Waals surface area (Å²) in [4.78, 5) is 0. The molecule has 0 amide bonds. The average Bonchev–Trinajstić information content (AvgIpc) is 2.05. The van der Waals surface area contributed by atoms with Crippen molar-refractivity contribution in [2.45, 2.75) is 25.9 Å². The fourth-order valence-electron chi connectivity index (χ4n) is 1.09. The summed E-state index contributed by atoms with van der Waals surface area (Å²) in [7, 11) is 0. The Bertz CT molecular complexity index is 268. The highest BCUT2D eigenvalue weighted by Gasteiger charge is 2.22. The number of hydrogen-bond acceptors (Lipinski definition) is 1. The van der Waals surface area contributed by atoms with Crippen LogP contribution in [0.5, 0.6) is 0 Å². The van der Waals surface area contributed by atoms with Crippen molar-refractivity contribution in [1.82, 2.24) is 0 Å². The molecule has 0 aliphatic carbocycles. The fourth-order valence-corrected chi connectivity index (χ4v) is 1.43. The van der Waals surface area contributed by atoms with Gasteiger partial charge in [0.05, 0.1) is 5.60 Å². The topological polar surface area (TPSA) is 20.2 Å². The number of benzene rings is 1. The van der Waals surface area contributed by atoms with Crippen molar-refractivity contribution in [1.29, 1.82) is 0 Å². The van der Waals surface area contributed by atoms with E-state index in [1.807, 2.05) is 25.1 Å². The Hall–Kier alpha value is -0.530. The van der Waals surface area contributed by atoms with Crippen LogP contribution in [0, 0.1) is 0 Å². The van der Waals surface area contributed by atoms with Crippen LogP contribution in [0.15, 0.2) is 24.3 Å². The molecule has 0 saturated heterocycles. The molecule has 1 aromatic carbocycles. The lowest BCUT2D eigenvalue weighted by Gasteiger charge is -2.22. The van der Waals surface area contributed by atoms with Gasteiger partial charge in [0.1, 0.15) is 0 Å². The molecule has 1 atom stereocenters. The molecule has 1 N–H and O–H groups in total. The second kappa shape index (κ2) is 3.46. The molecule has 1 nitrogen and oxygen atoms in total. The third-order valence-corrected chi connectivity index (χ3v) is 2.47. The number of halogens is 1. The normalized spacial score (nSPS) is 15.7. The van der Waals surface area contributed by atoms with E-state index in [1.165, 1.54) is 0 Å². The van der Waals surface area contributed by atoms with Crippen molar-refractivity contribution in [3.05, 3.63) is 34.9 Å². The summed E-state index contributed by atoms with van der Waals surface area (Å²) in [5, 5.41) is 10.5. The van der Waals surface area contributed by atoms with Crippen LogP contribution in [0.1, 0.15) is 25.8 Å². The third-order valence-electron chi connectivity index (χ3n) is 2.14. The smallest absolute Gasteiger partial charge is 0.0880 e. The van der Waals surface area contributed by atoms with E-state index in [0.29, 0.717) is 11.4 Å². The Morgan fingerprint density at radius 1 is 1.42 bits per heavy atom. The van der Waals surface area contributed by atoms with Gasteiger partial charge in [-0.2, -0.15) is 0 Å². The van der Waals surface area contributed by atoms with E-state index >= 15 is 0 Å². The van der Waals surface area contributed by atoms with E-state index < -0.39 is 5.60 Å². The first kappa shape index (κ1) is 9.56. The second-order valence-electron chi connectivity index (χ2n) is 3.11. The van der Waals surface area contributed by atoms with Crippen LogP contribution in [-0.2, 0) is 5.60 Å². The van der Waals surface area contributed by atoms with Gasteiger partial charge in [0, 0.05) is 10.6 Å². The fraction of sp³-hybridized carbons (Fsp3) is 0.400. The molecule has 66 valence electrons. The Morgan fingerprint density at radius 2 is 2.00 bits per heavy atom. The molecule has 1 rings (SSSR count). The van der Waals surface area contributed by atoms with Gasteiger partial charge in [-0.15, -0.1) is 0 Å². The SMILES string of the molecule is CCC(C)(O)c1ccccc1Cl. The highest BCUT2D eigenvalue weighted by atomic mass is 35.5. The molecule has 0 spiro atoms. The van der Waals surface area contributed by atoms with Gasteiger partial charge < -0.3 is 5.11 Å². The molecule has 0 aliphatic rings. The van der Waals surface area contributed by atoms with Crippen molar-refractivity contribution < 1.29 is 5.11 Å². The molecule has 0 heterocycles. The maximum Gasteiger partial charge on any atom is 0.0880 e. The van der Waals surface area contributed by atoms with Crippen molar-refractivity contribution in [3.63, 3.8) is 0 Å². The molecule has 1 aromatic rings. The van der Waals surface area contributed by atoms with Crippen LogP contribution in [-0.4, -0.2) is 5.11 Å². The number of hydrogen-bond donors (Lipinski definition) is 1. The molecular formula is C10H13ClO. The minimum atomic E-state index is -0.807. The summed E-state index contributed by atoms with van der Waals surface area (Å²) in [5.41, 5.74) is -0.00704. The van der Waals surface area contributed by atoms with Crippen molar-refractivity contribution in [2.75, 3.05) is 0 Å². The Balaban J connectivity index is 3.10. The van der Waals surface area contributed by atoms with E-state index in [1.54, 1.807) is 13.0 Å². The second-order valence-corrected chi connectivity index (χ2v) is 3.51. The van der Waals surface area contributed by atoms with Gasteiger partial charge in [0.15, 0.2) is 0 Å². The number of aliphatic hydroxyl groups is 1. The Kier molecular flexibility index (Phi) is 2.76. The van der Waals surface area contributed by atoms with Crippen LogP contribution in [0.3, 0.4) is 0 Å². The van der Waals surface area contributed by atoms with Crippen LogP contribution < -0.4 is 0 Å². The van der Waals surface area contributed by atoms with Crippen LogP contribution >= 0.6 is 11.6 Å². The van der Waals surface area contributed by atoms with E-state index in [0.717, 1.165) is 5.56 Å². The molecule has 0 saturated carbocycles. The minimum Gasteiger partial charge on any atom is -0.385 e. The Labute approximate surface area is 78.0 Å². The zero-order chi connectivity index (χ0) is 9.19. The maximum atomic E-state index is 9.89. The monoisotopic (exact) mass is 184 g/mol. The standard InChI is InChI=1S/C10H13ClO/c1-3-10(2,12)8-6-4-5-7-9(8)11/h4-7,12H,3H2,1-2H3. The van der Waals surface area contributed by atoms with Gasteiger partial charge in [0.2, 0.25) is 0 Å². The Morgan fingerprint density at radius 3 is 2.50 bits per heavy atom. The van der Waals surface area contributed by atoms with Crippen LogP contribution in [0.25, 0.3) is 0 Å². The quantitative estimate of drug-likeness (QED) is 0.750. The summed E-state index contributed by atoms with van der Waals surface area (Å²) in [5.74, 6) is 0. The molecule has 0 radical (unpaired) electrons. The zero-order valence-corrected chi connectivity index (χ0v) is 8.10. The lowest BCUT2D eigenvalue weighted by molar-refractivity contribution is 0.0532. The van der Waals surface area contributed by atoms with Gasteiger partial charge in [0.25, 0.3) is 0 Å². The predicted molar refractivity (Wildman–Crippen MR) is 51.3 cm³/mol. The molecule has 1 unspecified atom stereocenters. The van der Waals surface area contributed by atoms with E-state index in [-0.39, 0.29) is 0 Å². The number of rotatable bonds is 2. The zero-order valence-electron chi connectivity index (χ0n) is 7.34. The molecule has 0 aromatic heterocycles. The highest BCUT2D eigenvalue weighted by Crippen LogP contribution is 2.29. The largest absolute Gasteiger partial charge is 0.385 e. The molecular weight excluding hydrogens is 172 g/mol. The van der Waals surface area contributed by atoms with E-state index in [4.69, 9.17) is 11.6 Å². The first-order valence-electron chi connectivity index (χ1n) is 4.05. The summed E-state index contributed by atoms with van der Waals surface area (Å²) in [6.45, 7) is 3.71. The van der Waals surface area contributed by atoms with Gasteiger partial charge in [-0.25, -0.2) is 0 Å². The minimum absolute atomic E-state index is 0.629. The lowest BCUT2D eigenvalue weighted by Crippen LogP contribution is -2.19. The average molecular weight is 185 g/mol. The lowest BCUT2D eigenvalue weighted by atomic mass is 9.93. The van der Waals surface area contributed by atoms with Gasteiger partial charge >= 0.3 is 0 Å². The summed E-state index contributed by atoms with van der Waals surface area (Å²) >= 11 is 5.93. The van der Waals surface area contributed by atoms with Crippen LogP contribution in [0.4, 0.5) is 0 Å². The van der Waals surface area contributed by atoms with Gasteiger partial charge in [-0.3, -0.25) is 0 Å². The van der Waals surface area contributed by atoms with Gasteiger partial charge in [-0.1, -0.05) is 36.7 Å². The van der Waals surface area contributed by atoms with Crippen molar-refractivity contribution in [3.8, 4) is 0 Å². The predicted octanol–water partition coefficient (Wildman–Crippen LogP) is 2.96. The highest BCUT2D eigenvalue weighted by molar-refractivity contribution is 6.31. The third kappa shape index (κ3) is 1.79. The summed E-state index contributed by atoms with van der Waals surface area (Å²) in [6, 6.07) is 7.38. The first-order valence-corrected chi connectivity index (χ1v) is 4.43. The summed E-state index contributed by atoms with van der Waals surface area (Å²) < 4.78 is 0. The van der Waals surface area contributed by atoms with E-state index in [2.05, 4.69) is 0 Å². The molecule has 12 heavy (non-hydrogen) atoms. The van der Waals surface area contributed by atoms with Gasteiger partial charge in [-0.05, 0) is 19.4 Å². The van der Waals surface area contributed by atoms with Crippen molar-refractivity contribution >= 4 is 11.6 Å². The van der Waals surface area contributed by atoms with E-state index in [9.17, 15) is 5.11 Å². The molecule has 0 bridgehead atoms. The van der Waals surface area contributed by atoms with Crippen LogP contribution in [0.2, 0.25) is 5.02 Å². The molecule has 0 fully saturated rings. The molecule has 0 aliphatic heterocycles. The van der Waals surface area contributed by atoms with Crippen molar-refractivity contribution in [2.24, 2.45) is 0 Å².